The van der Waals surface area contributed by atoms with Crippen LogP contribution in [0.1, 0.15) is 18.6 Å². The number of methoxy groups -OCH3 is 3. The third-order valence-electron chi connectivity index (χ3n) is 2.73. The molecule has 0 aliphatic carbocycles. The molecule has 0 bridgehead atoms. The molecule has 1 heterocycles. The van der Waals surface area contributed by atoms with E-state index < -0.39 is 11.9 Å². The third kappa shape index (κ3) is 4.46. The van der Waals surface area contributed by atoms with Gasteiger partial charge in [-0.15, -0.1) is 0 Å². The molecule has 20 heavy (non-hydrogen) atoms. The van der Waals surface area contributed by atoms with Gasteiger partial charge >= 0.3 is 11.9 Å². The number of carbonyl (C=O) groups excluding carboxylic acids is 2. The van der Waals surface area contributed by atoms with E-state index >= 15 is 0 Å². The lowest BCUT2D eigenvalue weighted by Crippen LogP contribution is -2.16. The standard InChI is InChI=1S/C14H18O6/c1-17-12(11-5-4-8-20-11)9-10(14(16)19-3)6-7-13(15)18-2/h4-5,8-10H,6-7H2,1-3H3/b12-9-. The van der Waals surface area contributed by atoms with E-state index in [0.717, 1.165) is 0 Å². The number of hydrogen-bond acceptors (Lipinski definition) is 6. The molecule has 0 amide bonds. The molecule has 0 N–H and O–H groups in total. The summed E-state index contributed by atoms with van der Waals surface area (Å²) in [5.74, 6) is -0.534. The van der Waals surface area contributed by atoms with Crippen LogP contribution in [0.25, 0.3) is 5.76 Å². The van der Waals surface area contributed by atoms with Crippen molar-refractivity contribution in [3.63, 3.8) is 0 Å². The number of furan rings is 1. The highest BCUT2D eigenvalue weighted by Gasteiger charge is 2.20. The van der Waals surface area contributed by atoms with Gasteiger partial charge < -0.3 is 18.6 Å². The Kier molecular flexibility index (Phi) is 6.36. The van der Waals surface area contributed by atoms with Crippen LogP contribution in [0.3, 0.4) is 0 Å². The SMILES string of the molecule is COC(=O)CCC(/C=C(\OC)c1ccco1)C(=O)OC. The normalized spacial score (nSPS) is 12.7. The Balaban J connectivity index is 2.86. The van der Waals surface area contributed by atoms with Crippen molar-refractivity contribution in [1.82, 2.24) is 0 Å². The lowest BCUT2D eigenvalue weighted by Gasteiger charge is -2.11. The predicted octanol–water partition coefficient (Wildman–Crippen LogP) is 2.01. The van der Waals surface area contributed by atoms with Crippen molar-refractivity contribution in [2.75, 3.05) is 21.3 Å². The van der Waals surface area contributed by atoms with E-state index in [9.17, 15) is 9.59 Å². The molecule has 1 unspecified atom stereocenters. The van der Waals surface area contributed by atoms with Gasteiger partial charge in [-0.05, 0) is 24.6 Å². The largest absolute Gasteiger partial charge is 0.493 e. The smallest absolute Gasteiger partial charge is 0.312 e. The van der Waals surface area contributed by atoms with Crippen molar-refractivity contribution in [2.45, 2.75) is 12.8 Å². The Morgan fingerprint density at radius 3 is 2.50 bits per heavy atom. The fraction of sp³-hybridized carbons (Fsp3) is 0.429. The molecular weight excluding hydrogens is 264 g/mol. The molecule has 1 aromatic rings. The zero-order chi connectivity index (χ0) is 15.0. The second-order valence-electron chi connectivity index (χ2n) is 3.96. The fourth-order valence-corrected chi connectivity index (χ4v) is 1.65. The molecule has 0 aliphatic rings. The maximum Gasteiger partial charge on any atom is 0.312 e. The highest BCUT2D eigenvalue weighted by Crippen LogP contribution is 2.21. The van der Waals surface area contributed by atoms with Crippen molar-refractivity contribution in [1.29, 1.82) is 0 Å². The Hall–Kier alpha value is -2.24. The van der Waals surface area contributed by atoms with Gasteiger partial charge in [0.2, 0.25) is 0 Å². The van der Waals surface area contributed by atoms with Gasteiger partial charge in [-0.2, -0.15) is 0 Å². The van der Waals surface area contributed by atoms with Gasteiger partial charge in [0.05, 0.1) is 33.5 Å². The topological polar surface area (TPSA) is 75.0 Å². The lowest BCUT2D eigenvalue weighted by atomic mass is 10.0. The second-order valence-corrected chi connectivity index (χ2v) is 3.96. The minimum Gasteiger partial charge on any atom is -0.493 e. The maximum absolute atomic E-state index is 11.7. The third-order valence-corrected chi connectivity index (χ3v) is 2.73. The molecular formula is C14H18O6. The second kappa shape index (κ2) is 8.04. The highest BCUT2D eigenvalue weighted by molar-refractivity contribution is 5.78. The summed E-state index contributed by atoms with van der Waals surface area (Å²) in [6.07, 6.45) is 3.46. The van der Waals surface area contributed by atoms with Crippen LogP contribution in [0, 0.1) is 5.92 Å². The van der Waals surface area contributed by atoms with E-state index in [1.165, 1.54) is 27.6 Å². The van der Waals surface area contributed by atoms with Crippen LogP contribution < -0.4 is 0 Å². The van der Waals surface area contributed by atoms with Crippen molar-refractivity contribution in [3.8, 4) is 0 Å². The molecule has 1 rings (SSSR count). The van der Waals surface area contributed by atoms with E-state index in [-0.39, 0.29) is 18.8 Å². The summed E-state index contributed by atoms with van der Waals surface area (Å²) in [6, 6.07) is 3.42. The average molecular weight is 282 g/mol. The summed E-state index contributed by atoms with van der Waals surface area (Å²) in [7, 11) is 4.07. The van der Waals surface area contributed by atoms with Crippen LogP contribution in [0.2, 0.25) is 0 Å². The average Bonchev–Trinajstić information content (AvgIpc) is 3.00. The van der Waals surface area contributed by atoms with Gasteiger partial charge in [0.25, 0.3) is 0 Å². The molecule has 0 aromatic carbocycles. The fourth-order valence-electron chi connectivity index (χ4n) is 1.65. The Morgan fingerprint density at radius 2 is 2.00 bits per heavy atom. The summed E-state index contributed by atoms with van der Waals surface area (Å²) in [6.45, 7) is 0. The van der Waals surface area contributed by atoms with E-state index in [1.54, 1.807) is 18.2 Å². The first-order chi connectivity index (χ1) is 9.62. The minimum absolute atomic E-state index is 0.113. The van der Waals surface area contributed by atoms with Crippen LogP contribution in [0.4, 0.5) is 0 Å². The number of hydrogen-bond donors (Lipinski definition) is 0. The molecule has 1 atom stereocenters. The van der Waals surface area contributed by atoms with Gasteiger partial charge in [0, 0.05) is 6.42 Å². The Labute approximate surface area is 117 Å². The van der Waals surface area contributed by atoms with Gasteiger partial charge in [0.1, 0.15) is 0 Å². The molecule has 0 saturated heterocycles. The van der Waals surface area contributed by atoms with Crippen molar-refractivity contribution >= 4 is 17.7 Å². The zero-order valence-electron chi connectivity index (χ0n) is 11.8. The molecule has 0 radical (unpaired) electrons. The van der Waals surface area contributed by atoms with E-state index in [1.807, 2.05) is 0 Å². The first-order valence-corrected chi connectivity index (χ1v) is 6.06. The maximum atomic E-state index is 11.7. The molecule has 0 fully saturated rings. The number of esters is 2. The van der Waals surface area contributed by atoms with Crippen LogP contribution >= 0.6 is 0 Å². The number of rotatable bonds is 7. The van der Waals surface area contributed by atoms with Gasteiger partial charge in [-0.25, -0.2) is 0 Å². The van der Waals surface area contributed by atoms with Gasteiger partial charge in [0.15, 0.2) is 11.5 Å². The van der Waals surface area contributed by atoms with E-state index in [4.69, 9.17) is 13.9 Å². The van der Waals surface area contributed by atoms with Crippen LogP contribution in [0.5, 0.6) is 0 Å². The quantitative estimate of drug-likeness (QED) is 0.562. The molecule has 0 saturated carbocycles. The Bertz CT molecular complexity index is 460. The summed E-state index contributed by atoms with van der Waals surface area (Å²) in [4.78, 5) is 22.9. The van der Waals surface area contributed by atoms with Crippen LogP contribution in [-0.2, 0) is 23.8 Å². The van der Waals surface area contributed by atoms with Crippen molar-refractivity contribution < 1.29 is 28.2 Å². The van der Waals surface area contributed by atoms with Crippen LogP contribution in [0.15, 0.2) is 28.9 Å². The van der Waals surface area contributed by atoms with Gasteiger partial charge in [-0.1, -0.05) is 0 Å². The van der Waals surface area contributed by atoms with E-state index in [2.05, 4.69) is 4.74 Å². The molecule has 110 valence electrons. The summed E-state index contributed by atoms with van der Waals surface area (Å²) < 4.78 is 19.7. The number of carbonyl (C=O) groups is 2. The molecule has 0 aliphatic heterocycles. The van der Waals surface area contributed by atoms with Crippen LogP contribution in [-0.4, -0.2) is 33.3 Å². The minimum atomic E-state index is -0.612. The van der Waals surface area contributed by atoms with E-state index in [0.29, 0.717) is 11.5 Å². The predicted molar refractivity (Wildman–Crippen MR) is 70.5 cm³/mol. The first kappa shape index (κ1) is 15.8. The molecule has 6 heteroatoms. The monoisotopic (exact) mass is 282 g/mol. The molecule has 1 aromatic heterocycles. The molecule has 6 nitrogen and oxygen atoms in total. The first-order valence-electron chi connectivity index (χ1n) is 6.06. The summed E-state index contributed by atoms with van der Waals surface area (Å²) >= 11 is 0. The van der Waals surface area contributed by atoms with Gasteiger partial charge in [-0.3, -0.25) is 9.59 Å². The highest BCUT2D eigenvalue weighted by atomic mass is 16.5. The lowest BCUT2D eigenvalue weighted by molar-refractivity contribution is -0.145. The zero-order valence-corrected chi connectivity index (χ0v) is 11.8. The van der Waals surface area contributed by atoms with Crippen molar-refractivity contribution in [3.05, 3.63) is 30.2 Å². The van der Waals surface area contributed by atoms with Crippen molar-refractivity contribution in [2.24, 2.45) is 5.92 Å². The summed E-state index contributed by atoms with van der Waals surface area (Å²) in [5, 5.41) is 0. The summed E-state index contributed by atoms with van der Waals surface area (Å²) in [5.41, 5.74) is 0. The number of ether oxygens (including phenoxy) is 3. The molecule has 0 spiro atoms. The Morgan fingerprint density at radius 1 is 1.25 bits per heavy atom.